The van der Waals surface area contributed by atoms with Gasteiger partial charge in [0.25, 0.3) is 8.75 Å². The van der Waals surface area contributed by atoms with Crippen molar-refractivity contribution in [3.05, 3.63) is 134 Å². The first-order chi connectivity index (χ1) is 21.5. The van der Waals surface area contributed by atoms with Gasteiger partial charge in [0.2, 0.25) is 0 Å². The first-order valence-electron chi connectivity index (χ1n) is 14.2. The number of nitrogens with zero attached hydrogens (tertiary/aromatic N) is 4. The predicted molar refractivity (Wildman–Crippen MR) is 210 cm³/mol. The molecule has 240 valence electrons. The molecule has 0 aliphatic rings. The number of unbranched alkanes of at least 4 members (excludes halogenated alkanes) is 2. The van der Waals surface area contributed by atoms with Crippen molar-refractivity contribution in [1.82, 2.24) is 0 Å². The van der Waals surface area contributed by atoms with Gasteiger partial charge in [-0.3, -0.25) is 0 Å². The maximum Gasteiger partial charge on any atom is 0.296 e. The van der Waals surface area contributed by atoms with Gasteiger partial charge in [-0.1, -0.05) is 97.6 Å². The van der Waals surface area contributed by atoms with E-state index in [0.29, 0.717) is 11.5 Å². The summed E-state index contributed by atoms with van der Waals surface area (Å²) in [5.74, 6) is 3.09. The molecule has 2 aromatic carbocycles. The Labute approximate surface area is 305 Å². The third-order valence-electron chi connectivity index (χ3n) is 4.90. The van der Waals surface area contributed by atoms with Crippen molar-refractivity contribution in [1.29, 1.82) is 0 Å². The minimum absolute atomic E-state index is 0. The summed E-state index contributed by atoms with van der Waals surface area (Å²) in [6, 6.07) is 27.7. The summed E-state index contributed by atoms with van der Waals surface area (Å²) in [4.78, 5) is 0. The van der Waals surface area contributed by atoms with Gasteiger partial charge < -0.3 is 22.7 Å². The van der Waals surface area contributed by atoms with Crippen molar-refractivity contribution in [2.45, 2.75) is 51.0 Å². The average molecular weight is 788 g/mol. The normalized spacial score (nSPS) is 11.1. The van der Waals surface area contributed by atoms with Crippen molar-refractivity contribution in [3.63, 3.8) is 0 Å². The zero-order chi connectivity index (χ0) is 32.1. The number of rotatable bonds is 10. The second-order valence-electron chi connectivity index (χ2n) is 8.59. The fourth-order valence-electron chi connectivity index (χ4n) is 2.52. The van der Waals surface area contributed by atoms with Crippen LogP contribution in [0.15, 0.2) is 127 Å². The quantitative estimate of drug-likeness (QED) is 0.0403. The molecule has 0 amide bonds. The second kappa shape index (κ2) is 30.5. The van der Waals surface area contributed by atoms with Crippen LogP contribution in [0.3, 0.4) is 0 Å². The van der Waals surface area contributed by atoms with E-state index in [4.69, 9.17) is 8.83 Å². The van der Waals surface area contributed by atoms with E-state index < -0.39 is 0 Å². The van der Waals surface area contributed by atoms with Crippen LogP contribution in [-0.2, 0) is 36.8 Å². The van der Waals surface area contributed by atoms with Gasteiger partial charge in [0, 0.05) is 60.7 Å². The Kier molecular flexibility index (Phi) is 29.1. The van der Waals surface area contributed by atoms with Gasteiger partial charge in [-0.05, 0) is 58.9 Å². The summed E-state index contributed by atoms with van der Waals surface area (Å²) in [5.41, 5.74) is 2.51. The Morgan fingerprint density at radius 2 is 1.00 bits per heavy atom. The van der Waals surface area contributed by atoms with E-state index in [1.807, 2.05) is 60.7 Å². The van der Waals surface area contributed by atoms with E-state index in [1.54, 1.807) is 48.5 Å². The average Bonchev–Trinajstić information content (AvgIpc) is 3.79. The molecule has 4 rings (SSSR count). The smallest absolute Gasteiger partial charge is 0.296 e. The number of hydrogen-bond donors (Lipinski definition) is 0. The van der Waals surface area contributed by atoms with E-state index >= 15 is 0 Å². The molecule has 0 saturated carbocycles. The fourth-order valence-corrected chi connectivity index (χ4v) is 4.27. The van der Waals surface area contributed by atoms with Crippen LogP contribution in [-0.4, -0.2) is 45.1 Å². The van der Waals surface area contributed by atoms with E-state index in [9.17, 15) is 0 Å². The van der Waals surface area contributed by atoms with Crippen LogP contribution >= 0.6 is 23.5 Å². The van der Waals surface area contributed by atoms with Gasteiger partial charge in [-0.2, -0.15) is 12.8 Å². The summed E-state index contributed by atoms with van der Waals surface area (Å²) in [6.45, 7) is 11.4. The molecule has 0 bridgehead atoms. The topological polar surface area (TPSA) is 75.7 Å². The van der Waals surface area contributed by atoms with Gasteiger partial charge >= 0.3 is 0 Å². The number of furan rings is 2. The van der Waals surface area contributed by atoms with Crippen molar-refractivity contribution < 1.29 is 8.83 Å². The van der Waals surface area contributed by atoms with E-state index in [-0.39, 0.29) is 23.9 Å². The number of hydrogen-bond acceptors (Lipinski definition) is 8. The van der Waals surface area contributed by atoms with E-state index in [1.165, 1.54) is 24.0 Å². The Bertz CT molecular complexity index is 1210. The zero-order valence-corrected chi connectivity index (χ0v) is 32.5. The van der Waals surface area contributed by atoms with Crippen LogP contribution in [0.1, 0.15) is 62.2 Å². The molecule has 2 heterocycles. The number of thioether (sulfide) groups is 2. The molecule has 0 aliphatic carbocycles. The molecule has 0 fully saturated rings. The standard InChI is InChI=1S/2C13H12N2OS2.2C4H9.Sn/c2*17-13(15-14-9-12-7-4-8-16-12)18-10-11-5-2-1-3-6-11;2*1-3-4-2;/h2*1-9H,10H2,(H,15,17);2*1,3-4H2,2H3;/q;;2*-1;/p+2. The molecule has 0 aliphatic heterocycles. The molecule has 0 saturated heterocycles. The number of benzene rings is 2. The van der Waals surface area contributed by atoms with Crippen molar-refractivity contribution in [2.24, 2.45) is 20.4 Å². The van der Waals surface area contributed by atoms with Crippen molar-refractivity contribution >= 4 is 93.9 Å². The third kappa shape index (κ3) is 24.7. The summed E-state index contributed by atoms with van der Waals surface area (Å²) in [6.07, 6.45) is 10.9. The molecule has 4 aromatic rings. The Morgan fingerprint density at radius 1 is 0.644 bits per heavy atom. The van der Waals surface area contributed by atoms with Crippen molar-refractivity contribution in [2.75, 3.05) is 0 Å². The molecule has 4 radical (unpaired) electrons. The summed E-state index contributed by atoms with van der Waals surface area (Å²) in [7, 11) is 0. The SMILES string of the molecule is [CH2-]CCC.[CH2-]CCC.[SH2+]C(=NN=Cc1ccco1)SCc1ccccc1.[SH2+]C(=NN=Cc1ccco1)SCc1ccccc1.[Sn]. The van der Waals surface area contributed by atoms with Crippen LogP contribution in [0.2, 0.25) is 0 Å². The van der Waals surface area contributed by atoms with Crippen LogP contribution in [0.25, 0.3) is 0 Å². The first kappa shape index (κ1) is 42.9. The first-order valence-corrected chi connectivity index (χ1v) is 17.1. The van der Waals surface area contributed by atoms with Crippen molar-refractivity contribution in [3.8, 4) is 0 Å². The molecule has 11 heteroatoms. The van der Waals surface area contributed by atoms with Crippen LogP contribution in [0.5, 0.6) is 0 Å². The predicted octanol–water partition coefficient (Wildman–Crippen LogP) is 8.69. The zero-order valence-electron chi connectivity index (χ0n) is 26.0. The second-order valence-corrected chi connectivity index (χ2v) is 12.2. The monoisotopic (exact) mass is 788 g/mol. The van der Waals surface area contributed by atoms with Crippen LogP contribution in [0.4, 0.5) is 0 Å². The molecule has 0 unspecified atom stereocenters. The Balaban J connectivity index is 0.000000684. The van der Waals surface area contributed by atoms with Gasteiger partial charge in [0.05, 0.1) is 25.0 Å². The molecule has 6 nitrogen and oxygen atoms in total. The molecule has 0 atom stereocenters. The minimum atomic E-state index is 0. The van der Waals surface area contributed by atoms with Gasteiger partial charge in [0.15, 0.2) is 0 Å². The van der Waals surface area contributed by atoms with Crippen LogP contribution in [0, 0.1) is 13.8 Å². The van der Waals surface area contributed by atoms with Gasteiger partial charge in [0.1, 0.15) is 11.5 Å². The maximum atomic E-state index is 5.10. The molecule has 2 aromatic heterocycles. The molecular formula is C34H44N4O2S4Sn. The largest absolute Gasteiger partial charge is 0.463 e. The summed E-state index contributed by atoms with van der Waals surface area (Å²) in [5, 5.41) is 15.9. The van der Waals surface area contributed by atoms with E-state index in [0.717, 1.165) is 33.1 Å². The van der Waals surface area contributed by atoms with E-state index in [2.05, 4.69) is 97.6 Å². The van der Waals surface area contributed by atoms with Gasteiger partial charge in [-0.15, -0.1) is 10.2 Å². The fraction of sp³-hybridized carbons (Fsp3) is 0.235. The summed E-state index contributed by atoms with van der Waals surface area (Å²) >= 11 is 10.0. The molecule has 45 heavy (non-hydrogen) atoms. The Morgan fingerprint density at radius 3 is 1.29 bits per heavy atom. The molecule has 0 N–H and O–H groups in total. The Hall–Kier alpha value is -2.12. The third-order valence-corrected chi connectivity index (χ3v) is 7.63. The van der Waals surface area contributed by atoms with Gasteiger partial charge in [-0.25, -0.2) is 0 Å². The summed E-state index contributed by atoms with van der Waals surface area (Å²) < 4.78 is 11.7. The molecular weight excluding hydrogens is 743 g/mol. The minimum Gasteiger partial charge on any atom is -0.463 e. The maximum absolute atomic E-state index is 5.10. The molecule has 0 spiro atoms. The van der Waals surface area contributed by atoms with Crippen LogP contribution < -0.4 is 0 Å².